The van der Waals surface area contributed by atoms with E-state index >= 15 is 0 Å². The van der Waals surface area contributed by atoms with Crippen LogP contribution in [0.15, 0.2) is 10.7 Å². The molecule has 1 fully saturated rings. The summed E-state index contributed by atoms with van der Waals surface area (Å²) in [5.74, 6) is 3.71. The van der Waals surface area contributed by atoms with Gasteiger partial charge in [0.15, 0.2) is 0 Å². The minimum atomic E-state index is 0.403. The van der Waals surface area contributed by atoms with Gasteiger partial charge >= 0.3 is 0 Å². The van der Waals surface area contributed by atoms with Gasteiger partial charge in [-0.1, -0.05) is 0 Å². The predicted molar refractivity (Wildman–Crippen MR) is 53.7 cm³/mol. The Morgan fingerprint density at radius 2 is 2.62 bits per heavy atom. The highest BCUT2D eigenvalue weighted by Crippen LogP contribution is 2.30. The molecule has 3 nitrogen and oxygen atoms in total. The van der Waals surface area contributed by atoms with Gasteiger partial charge in [0, 0.05) is 11.7 Å². The average molecular weight is 198 g/mol. The molecule has 4 heteroatoms. The van der Waals surface area contributed by atoms with Gasteiger partial charge in [-0.05, 0) is 18.6 Å². The van der Waals surface area contributed by atoms with E-state index in [0.29, 0.717) is 18.4 Å². The van der Waals surface area contributed by atoms with Crippen molar-refractivity contribution < 1.29 is 4.42 Å². The average Bonchev–Trinajstić information content (AvgIpc) is 2.67. The highest BCUT2D eigenvalue weighted by atomic mass is 32.2. The second-order valence-electron chi connectivity index (χ2n) is 3.28. The van der Waals surface area contributed by atoms with E-state index in [0.717, 1.165) is 5.69 Å². The van der Waals surface area contributed by atoms with Crippen LogP contribution in [-0.2, 0) is 6.54 Å². The molecule has 0 aromatic carbocycles. The molecule has 0 amide bonds. The molecule has 0 radical (unpaired) electrons. The highest BCUT2D eigenvalue weighted by Gasteiger charge is 2.18. The number of rotatable bonds is 2. The van der Waals surface area contributed by atoms with Crippen LogP contribution in [0.5, 0.6) is 0 Å². The normalized spacial score (nSPS) is 23.3. The maximum Gasteiger partial charge on any atom is 0.207 e. The molecule has 2 N–H and O–H groups in total. The standard InChI is InChI=1S/C9H14N2OS/c10-4-9-11-8(5-12-9)7-2-1-3-13-6-7/h5,7H,1-4,6,10H2. The molecule has 0 saturated carbocycles. The van der Waals surface area contributed by atoms with Gasteiger partial charge in [-0.15, -0.1) is 0 Å². The van der Waals surface area contributed by atoms with Crippen molar-refractivity contribution in [2.24, 2.45) is 5.73 Å². The number of aromatic nitrogens is 1. The van der Waals surface area contributed by atoms with E-state index in [1.165, 1.54) is 24.3 Å². The molecule has 1 aliphatic rings. The number of nitrogens with zero attached hydrogens (tertiary/aromatic N) is 1. The van der Waals surface area contributed by atoms with Crippen LogP contribution < -0.4 is 5.73 Å². The third-order valence-electron chi connectivity index (χ3n) is 2.32. The zero-order chi connectivity index (χ0) is 9.10. The lowest BCUT2D eigenvalue weighted by Gasteiger charge is -2.18. The fourth-order valence-corrected chi connectivity index (χ4v) is 2.74. The van der Waals surface area contributed by atoms with Crippen molar-refractivity contribution in [1.29, 1.82) is 0 Å². The molecule has 1 unspecified atom stereocenters. The molecule has 1 aromatic rings. The van der Waals surface area contributed by atoms with Crippen molar-refractivity contribution in [2.75, 3.05) is 11.5 Å². The lowest BCUT2D eigenvalue weighted by Crippen LogP contribution is -2.09. The van der Waals surface area contributed by atoms with Gasteiger partial charge in [0.1, 0.15) is 6.26 Å². The zero-order valence-corrected chi connectivity index (χ0v) is 8.35. The van der Waals surface area contributed by atoms with E-state index < -0.39 is 0 Å². The Balaban J connectivity index is 2.05. The SMILES string of the molecule is NCc1nc(C2CCCSC2)co1. The lowest BCUT2D eigenvalue weighted by molar-refractivity contribution is 0.496. The lowest BCUT2D eigenvalue weighted by atomic mass is 10.0. The second kappa shape index (κ2) is 4.15. The van der Waals surface area contributed by atoms with E-state index in [1.54, 1.807) is 6.26 Å². The number of hydrogen-bond acceptors (Lipinski definition) is 4. The van der Waals surface area contributed by atoms with Crippen molar-refractivity contribution in [2.45, 2.75) is 25.3 Å². The van der Waals surface area contributed by atoms with Gasteiger partial charge in [0.2, 0.25) is 5.89 Å². The van der Waals surface area contributed by atoms with E-state index in [2.05, 4.69) is 4.98 Å². The fraction of sp³-hybridized carbons (Fsp3) is 0.667. The summed E-state index contributed by atoms with van der Waals surface area (Å²) in [4.78, 5) is 4.35. The third-order valence-corrected chi connectivity index (χ3v) is 3.54. The van der Waals surface area contributed by atoms with Crippen molar-refractivity contribution in [1.82, 2.24) is 4.98 Å². The van der Waals surface area contributed by atoms with Crippen molar-refractivity contribution in [3.63, 3.8) is 0 Å². The van der Waals surface area contributed by atoms with Crippen LogP contribution in [0, 0.1) is 0 Å². The van der Waals surface area contributed by atoms with Crippen LogP contribution in [0.2, 0.25) is 0 Å². The smallest absolute Gasteiger partial charge is 0.207 e. The molecular weight excluding hydrogens is 184 g/mol. The molecule has 1 saturated heterocycles. The first-order valence-electron chi connectivity index (χ1n) is 4.62. The second-order valence-corrected chi connectivity index (χ2v) is 4.43. The summed E-state index contributed by atoms with van der Waals surface area (Å²) in [6.07, 6.45) is 4.29. The van der Waals surface area contributed by atoms with Gasteiger partial charge in [-0.3, -0.25) is 0 Å². The Hall–Kier alpha value is -0.480. The third kappa shape index (κ3) is 2.06. The van der Waals surface area contributed by atoms with Crippen LogP contribution in [0.1, 0.15) is 30.3 Å². The van der Waals surface area contributed by atoms with Crippen LogP contribution in [0.3, 0.4) is 0 Å². The van der Waals surface area contributed by atoms with Crippen LogP contribution in [-0.4, -0.2) is 16.5 Å². The number of hydrogen-bond donors (Lipinski definition) is 1. The molecule has 0 aliphatic carbocycles. The summed E-state index contributed by atoms with van der Waals surface area (Å²) in [5, 5.41) is 0. The minimum absolute atomic E-state index is 0.403. The summed E-state index contributed by atoms with van der Waals surface area (Å²) in [6.45, 7) is 0.403. The first kappa shape index (κ1) is 9.09. The van der Waals surface area contributed by atoms with Gasteiger partial charge in [0.25, 0.3) is 0 Å². The largest absolute Gasteiger partial charge is 0.447 e. The first-order chi connectivity index (χ1) is 6.40. The van der Waals surface area contributed by atoms with Crippen LogP contribution in [0.25, 0.3) is 0 Å². The Morgan fingerprint density at radius 1 is 1.69 bits per heavy atom. The minimum Gasteiger partial charge on any atom is -0.447 e. The Kier molecular flexibility index (Phi) is 2.90. The van der Waals surface area contributed by atoms with Gasteiger partial charge in [0.05, 0.1) is 12.2 Å². The topological polar surface area (TPSA) is 52.0 Å². The van der Waals surface area contributed by atoms with E-state index in [4.69, 9.17) is 10.2 Å². The molecule has 0 bridgehead atoms. The Bertz CT molecular complexity index is 268. The first-order valence-corrected chi connectivity index (χ1v) is 5.77. The van der Waals surface area contributed by atoms with Crippen molar-refractivity contribution in [3.8, 4) is 0 Å². The van der Waals surface area contributed by atoms with E-state index in [-0.39, 0.29) is 0 Å². The summed E-state index contributed by atoms with van der Waals surface area (Å²) in [6, 6.07) is 0. The molecule has 13 heavy (non-hydrogen) atoms. The van der Waals surface area contributed by atoms with Crippen molar-refractivity contribution >= 4 is 11.8 Å². The van der Waals surface area contributed by atoms with Crippen LogP contribution in [0.4, 0.5) is 0 Å². The summed E-state index contributed by atoms with van der Waals surface area (Å²) >= 11 is 2.00. The molecule has 1 aromatic heterocycles. The molecular formula is C9H14N2OS. The fourth-order valence-electron chi connectivity index (χ4n) is 1.58. The maximum atomic E-state index is 5.43. The zero-order valence-electron chi connectivity index (χ0n) is 7.53. The van der Waals surface area contributed by atoms with E-state index in [9.17, 15) is 0 Å². The quantitative estimate of drug-likeness (QED) is 0.786. The summed E-state index contributed by atoms with van der Waals surface area (Å²) in [7, 11) is 0. The van der Waals surface area contributed by atoms with Gasteiger partial charge in [-0.2, -0.15) is 11.8 Å². The van der Waals surface area contributed by atoms with Crippen LogP contribution >= 0.6 is 11.8 Å². The molecule has 1 atom stereocenters. The number of thioether (sulfide) groups is 1. The summed E-state index contributed by atoms with van der Waals surface area (Å²) in [5.41, 5.74) is 6.52. The molecule has 1 aliphatic heterocycles. The molecule has 2 rings (SSSR count). The van der Waals surface area contributed by atoms with Gasteiger partial charge in [-0.25, -0.2) is 4.98 Å². The monoisotopic (exact) mass is 198 g/mol. The maximum absolute atomic E-state index is 5.43. The Labute approximate surface area is 82.1 Å². The summed E-state index contributed by atoms with van der Waals surface area (Å²) < 4.78 is 5.22. The highest BCUT2D eigenvalue weighted by molar-refractivity contribution is 7.99. The Morgan fingerprint density at radius 3 is 3.23 bits per heavy atom. The predicted octanol–water partition coefficient (Wildman–Crippen LogP) is 1.74. The van der Waals surface area contributed by atoms with Crippen molar-refractivity contribution in [3.05, 3.63) is 17.8 Å². The number of nitrogens with two attached hydrogens (primary N) is 1. The van der Waals surface area contributed by atoms with Gasteiger partial charge < -0.3 is 10.2 Å². The molecule has 0 spiro atoms. The molecule has 2 heterocycles. The number of oxazole rings is 1. The van der Waals surface area contributed by atoms with E-state index in [1.807, 2.05) is 11.8 Å². The molecule has 72 valence electrons.